The van der Waals surface area contributed by atoms with Gasteiger partial charge in [-0.3, -0.25) is 4.79 Å². The van der Waals surface area contributed by atoms with E-state index in [9.17, 15) is 9.18 Å². The third-order valence-electron chi connectivity index (χ3n) is 4.58. The van der Waals surface area contributed by atoms with Gasteiger partial charge in [-0.1, -0.05) is 42.5 Å². The third kappa shape index (κ3) is 5.55. The summed E-state index contributed by atoms with van der Waals surface area (Å²) in [4.78, 5) is 12.4. The van der Waals surface area contributed by atoms with Gasteiger partial charge >= 0.3 is 0 Å². The van der Waals surface area contributed by atoms with E-state index in [0.717, 1.165) is 37.1 Å². The van der Waals surface area contributed by atoms with Crippen LogP contribution in [0, 0.1) is 11.7 Å². The molecule has 1 aliphatic rings. The molecule has 1 heterocycles. The Bertz CT molecular complexity index is 657. The van der Waals surface area contributed by atoms with Crippen LogP contribution in [0.15, 0.2) is 54.6 Å². The summed E-state index contributed by atoms with van der Waals surface area (Å²) in [5, 5.41) is 6.44. The number of halogens is 2. The van der Waals surface area contributed by atoms with Crippen molar-refractivity contribution in [2.45, 2.75) is 25.3 Å². The standard InChI is InChI=1S/C20H23FN2O.ClH/c21-18-9-7-17(8-10-18)20(16-4-2-1-3-5-16)23-19(24)11-6-15-12-13-22-14-15;/h1-5,7-10,15,20,22H,6,11-14H2,(H,23,24);1H. The van der Waals surface area contributed by atoms with Gasteiger partial charge in [0, 0.05) is 6.42 Å². The number of nitrogens with one attached hydrogen (secondary N) is 2. The Morgan fingerprint density at radius 2 is 1.80 bits per heavy atom. The van der Waals surface area contributed by atoms with E-state index in [0.29, 0.717) is 12.3 Å². The molecule has 0 aliphatic carbocycles. The Morgan fingerprint density at radius 1 is 1.12 bits per heavy atom. The van der Waals surface area contributed by atoms with Crippen molar-refractivity contribution in [2.75, 3.05) is 13.1 Å². The van der Waals surface area contributed by atoms with Gasteiger partial charge in [-0.2, -0.15) is 0 Å². The maximum atomic E-state index is 13.2. The molecule has 134 valence electrons. The van der Waals surface area contributed by atoms with Gasteiger partial charge in [0.25, 0.3) is 0 Å². The quantitative estimate of drug-likeness (QED) is 0.819. The van der Waals surface area contributed by atoms with E-state index < -0.39 is 0 Å². The monoisotopic (exact) mass is 362 g/mol. The molecule has 5 heteroatoms. The lowest BCUT2D eigenvalue weighted by Gasteiger charge is -2.20. The molecule has 2 N–H and O–H groups in total. The number of hydrogen-bond donors (Lipinski definition) is 2. The van der Waals surface area contributed by atoms with Crippen molar-refractivity contribution < 1.29 is 9.18 Å². The highest BCUT2D eigenvalue weighted by Crippen LogP contribution is 2.23. The van der Waals surface area contributed by atoms with Crippen molar-refractivity contribution in [2.24, 2.45) is 5.92 Å². The fourth-order valence-electron chi connectivity index (χ4n) is 3.19. The summed E-state index contributed by atoms with van der Waals surface area (Å²) in [6.45, 7) is 2.06. The van der Waals surface area contributed by atoms with E-state index in [1.807, 2.05) is 30.3 Å². The van der Waals surface area contributed by atoms with Crippen LogP contribution in [0.5, 0.6) is 0 Å². The summed E-state index contributed by atoms with van der Waals surface area (Å²) < 4.78 is 13.2. The molecule has 0 aromatic heterocycles. The molecule has 25 heavy (non-hydrogen) atoms. The van der Waals surface area contributed by atoms with E-state index in [-0.39, 0.29) is 30.2 Å². The molecule has 0 saturated carbocycles. The van der Waals surface area contributed by atoms with Gasteiger partial charge in [0.2, 0.25) is 5.91 Å². The van der Waals surface area contributed by atoms with Gasteiger partial charge in [0.1, 0.15) is 5.82 Å². The van der Waals surface area contributed by atoms with Crippen LogP contribution in [0.4, 0.5) is 4.39 Å². The second kappa shape index (κ2) is 9.54. The SMILES string of the molecule is Cl.O=C(CCC1CCNC1)NC(c1ccccc1)c1ccc(F)cc1. The molecular weight excluding hydrogens is 339 g/mol. The maximum Gasteiger partial charge on any atom is 0.220 e. The van der Waals surface area contributed by atoms with Crippen LogP contribution < -0.4 is 10.6 Å². The molecule has 0 spiro atoms. The molecule has 2 unspecified atom stereocenters. The fraction of sp³-hybridized carbons (Fsp3) is 0.350. The minimum absolute atomic E-state index is 0. The van der Waals surface area contributed by atoms with Crippen molar-refractivity contribution in [3.05, 3.63) is 71.5 Å². The number of benzene rings is 2. The van der Waals surface area contributed by atoms with E-state index in [1.165, 1.54) is 12.1 Å². The molecule has 0 bridgehead atoms. The summed E-state index contributed by atoms with van der Waals surface area (Å²) in [6.07, 6.45) is 2.58. The molecule has 3 rings (SSSR count). The second-order valence-corrected chi connectivity index (χ2v) is 6.36. The summed E-state index contributed by atoms with van der Waals surface area (Å²) in [7, 11) is 0. The highest BCUT2D eigenvalue weighted by Gasteiger charge is 2.19. The second-order valence-electron chi connectivity index (χ2n) is 6.36. The van der Waals surface area contributed by atoms with Crippen molar-refractivity contribution in [3.8, 4) is 0 Å². The zero-order valence-corrected chi connectivity index (χ0v) is 14.9. The molecule has 1 saturated heterocycles. The highest BCUT2D eigenvalue weighted by molar-refractivity contribution is 5.85. The van der Waals surface area contributed by atoms with Crippen LogP contribution in [-0.2, 0) is 4.79 Å². The van der Waals surface area contributed by atoms with E-state index in [4.69, 9.17) is 0 Å². The summed E-state index contributed by atoms with van der Waals surface area (Å²) in [6, 6.07) is 15.9. The Kier molecular flexibility index (Phi) is 7.41. The van der Waals surface area contributed by atoms with Gasteiger partial charge < -0.3 is 10.6 Å². The van der Waals surface area contributed by atoms with Crippen LogP contribution >= 0.6 is 12.4 Å². The van der Waals surface area contributed by atoms with E-state index >= 15 is 0 Å². The molecule has 3 nitrogen and oxygen atoms in total. The number of rotatable bonds is 6. The summed E-state index contributed by atoms with van der Waals surface area (Å²) in [5.74, 6) is 0.363. The van der Waals surface area contributed by atoms with E-state index in [1.54, 1.807) is 12.1 Å². The van der Waals surface area contributed by atoms with Crippen molar-refractivity contribution >= 4 is 18.3 Å². The Hall–Kier alpha value is -1.91. The molecule has 1 amide bonds. The molecule has 2 aromatic carbocycles. The highest BCUT2D eigenvalue weighted by atomic mass is 35.5. The number of carbonyl (C=O) groups excluding carboxylic acids is 1. The average molecular weight is 363 g/mol. The maximum absolute atomic E-state index is 13.2. The fourth-order valence-corrected chi connectivity index (χ4v) is 3.19. The topological polar surface area (TPSA) is 41.1 Å². The Balaban J connectivity index is 0.00000225. The van der Waals surface area contributed by atoms with Crippen LogP contribution in [0.1, 0.15) is 36.4 Å². The molecule has 2 aromatic rings. The molecular formula is C20H24ClFN2O. The lowest BCUT2D eigenvalue weighted by Crippen LogP contribution is -2.29. The predicted octanol–water partition coefficient (Wildman–Crippen LogP) is 3.84. The number of hydrogen-bond acceptors (Lipinski definition) is 2. The lowest BCUT2D eigenvalue weighted by atomic mass is 9.97. The normalized spacial score (nSPS) is 17.6. The first-order valence-corrected chi connectivity index (χ1v) is 8.53. The Morgan fingerprint density at radius 3 is 2.44 bits per heavy atom. The van der Waals surface area contributed by atoms with Crippen molar-refractivity contribution in [3.63, 3.8) is 0 Å². The summed E-state index contributed by atoms with van der Waals surface area (Å²) in [5.41, 5.74) is 1.89. The van der Waals surface area contributed by atoms with Gasteiger partial charge in [-0.15, -0.1) is 12.4 Å². The zero-order chi connectivity index (χ0) is 16.8. The smallest absolute Gasteiger partial charge is 0.220 e. The lowest BCUT2D eigenvalue weighted by molar-refractivity contribution is -0.121. The van der Waals surface area contributed by atoms with Crippen molar-refractivity contribution in [1.82, 2.24) is 10.6 Å². The van der Waals surface area contributed by atoms with Gasteiger partial charge in [-0.25, -0.2) is 4.39 Å². The molecule has 0 radical (unpaired) electrons. The zero-order valence-electron chi connectivity index (χ0n) is 14.1. The average Bonchev–Trinajstić information content (AvgIpc) is 3.13. The van der Waals surface area contributed by atoms with Crippen LogP contribution in [-0.4, -0.2) is 19.0 Å². The first-order chi connectivity index (χ1) is 11.7. The largest absolute Gasteiger partial charge is 0.345 e. The van der Waals surface area contributed by atoms with Gasteiger partial charge in [-0.05, 0) is 55.1 Å². The summed E-state index contributed by atoms with van der Waals surface area (Å²) >= 11 is 0. The van der Waals surface area contributed by atoms with Gasteiger partial charge in [0.05, 0.1) is 6.04 Å². The molecule has 2 atom stereocenters. The number of amides is 1. The van der Waals surface area contributed by atoms with Crippen LogP contribution in [0.2, 0.25) is 0 Å². The predicted molar refractivity (Wildman–Crippen MR) is 100 cm³/mol. The molecule has 1 fully saturated rings. The molecule has 1 aliphatic heterocycles. The third-order valence-corrected chi connectivity index (χ3v) is 4.58. The minimum Gasteiger partial charge on any atom is -0.345 e. The number of carbonyl (C=O) groups is 1. The van der Waals surface area contributed by atoms with E-state index in [2.05, 4.69) is 10.6 Å². The van der Waals surface area contributed by atoms with Gasteiger partial charge in [0.15, 0.2) is 0 Å². The first kappa shape index (κ1) is 19.4. The minimum atomic E-state index is -0.273. The van der Waals surface area contributed by atoms with Crippen molar-refractivity contribution in [1.29, 1.82) is 0 Å². The van der Waals surface area contributed by atoms with Crippen LogP contribution in [0.25, 0.3) is 0 Å². The first-order valence-electron chi connectivity index (χ1n) is 8.53. The van der Waals surface area contributed by atoms with Crippen LogP contribution in [0.3, 0.4) is 0 Å². The Labute approximate surface area is 154 Å².